The highest BCUT2D eigenvalue weighted by Gasteiger charge is 2.27. The van der Waals surface area contributed by atoms with Crippen LogP contribution in [0.25, 0.3) is 0 Å². The Morgan fingerprint density at radius 2 is 2.26 bits per heavy atom. The first-order valence-electron chi connectivity index (χ1n) is 8.44. The molecule has 2 aromatic rings. The van der Waals surface area contributed by atoms with Gasteiger partial charge in [-0.2, -0.15) is 0 Å². The van der Waals surface area contributed by atoms with Gasteiger partial charge in [0.15, 0.2) is 5.78 Å². The lowest BCUT2D eigenvalue weighted by Gasteiger charge is -2.15. The second-order valence-corrected chi connectivity index (χ2v) is 8.10. The molecule has 3 rings (SSSR count). The van der Waals surface area contributed by atoms with E-state index in [1.807, 2.05) is 0 Å². The van der Waals surface area contributed by atoms with Crippen LogP contribution >= 0.6 is 11.3 Å². The third-order valence-electron chi connectivity index (χ3n) is 4.49. The summed E-state index contributed by atoms with van der Waals surface area (Å²) in [4.78, 5) is 33.0. The Morgan fingerprint density at radius 1 is 1.44 bits per heavy atom. The Morgan fingerprint density at radius 3 is 2.96 bits per heavy atom. The average molecular weight is 409 g/mol. The first kappa shape index (κ1) is 19.7. The molecule has 1 aliphatic rings. The van der Waals surface area contributed by atoms with Crippen molar-refractivity contribution in [3.05, 3.63) is 40.0 Å². The molecular formula is C17H20N4O4S2. The van der Waals surface area contributed by atoms with E-state index < -0.39 is 11.3 Å². The number of thiophene rings is 1. The number of nitrogens with zero attached hydrogens (tertiary/aromatic N) is 2. The zero-order valence-corrected chi connectivity index (χ0v) is 16.3. The number of anilines is 1. The predicted molar refractivity (Wildman–Crippen MR) is 103 cm³/mol. The molecule has 3 unspecified atom stereocenters. The summed E-state index contributed by atoms with van der Waals surface area (Å²) in [5.74, 6) is 0.436. The largest absolute Gasteiger partial charge is 0.367 e. The second-order valence-electron chi connectivity index (χ2n) is 6.44. The van der Waals surface area contributed by atoms with Gasteiger partial charge in [0.05, 0.1) is 17.0 Å². The molecule has 3 atom stereocenters. The van der Waals surface area contributed by atoms with E-state index in [0.717, 1.165) is 19.3 Å². The summed E-state index contributed by atoms with van der Waals surface area (Å²) in [5, 5.41) is 10.1. The third kappa shape index (κ3) is 5.04. The maximum atomic E-state index is 12.8. The molecule has 8 nitrogen and oxygen atoms in total. The summed E-state index contributed by atoms with van der Waals surface area (Å²) in [6.07, 6.45) is 5.48. The van der Waals surface area contributed by atoms with E-state index in [1.54, 1.807) is 11.4 Å². The van der Waals surface area contributed by atoms with E-state index in [4.69, 9.17) is 9.32 Å². The van der Waals surface area contributed by atoms with Crippen molar-refractivity contribution >= 4 is 40.0 Å². The quantitative estimate of drug-likeness (QED) is 0.641. The fourth-order valence-corrected chi connectivity index (χ4v) is 4.32. The van der Waals surface area contributed by atoms with E-state index in [-0.39, 0.29) is 23.5 Å². The fraction of sp³-hybridized carbons (Fsp3) is 0.412. The Kier molecular flexibility index (Phi) is 6.42. The van der Waals surface area contributed by atoms with Gasteiger partial charge in [0, 0.05) is 23.2 Å². The van der Waals surface area contributed by atoms with Gasteiger partial charge >= 0.3 is 0 Å². The highest BCUT2D eigenvalue weighted by atomic mass is 32.2. The van der Waals surface area contributed by atoms with Gasteiger partial charge < -0.3 is 5.32 Å². The molecule has 0 radical (unpaired) electrons. The highest BCUT2D eigenvalue weighted by molar-refractivity contribution is 7.77. The average Bonchev–Trinajstić information content (AvgIpc) is 3.29. The number of hydrogen-bond donors (Lipinski definition) is 2. The van der Waals surface area contributed by atoms with E-state index in [1.165, 1.54) is 30.8 Å². The SMILES string of the molecule is CC(=O)c1csc(C(=O)c2cncnc2NC2CCC(COS(N)=O)C2)c1. The standard InChI is InChI=1S/C17H20N4O4S2/c1-10(22)12-5-15(26-8-12)16(23)14-6-19-9-20-17(14)21-13-3-2-11(4-13)7-25-27(18)24/h5-6,8-9,11,13H,2-4,7,18H2,1H3,(H,19,20,21). The minimum atomic E-state index is -1.75. The van der Waals surface area contributed by atoms with E-state index in [2.05, 4.69) is 15.3 Å². The summed E-state index contributed by atoms with van der Waals surface area (Å²) in [6.45, 7) is 1.81. The number of carbonyl (C=O) groups excluding carboxylic acids is 2. The molecule has 2 heterocycles. The highest BCUT2D eigenvalue weighted by Crippen LogP contribution is 2.29. The Bertz CT molecular complexity index is 870. The molecule has 144 valence electrons. The van der Waals surface area contributed by atoms with Crippen molar-refractivity contribution in [2.45, 2.75) is 32.2 Å². The third-order valence-corrected chi connectivity index (χ3v) is 5.79. The topological polar surface area (TPSA) is 124 Å². The molecular weight excluding hydrogens is 388 g/mol. The lowest BCUT2D eigenvalue weighted by Crippen LogP contribution is -2.20. The molecule has 0 amide bonds. The molecule has 1 aliphatic carbocycles. The molecule has 0 bridgehead atoms. The normalized spacial score (nSPS) is 20.4. The zero-order valence-electron chi connectivity index (χ0n) is 14.7. The van der Waals surface area contributed by atoms with Crippen molar-refractivity contribution in [2.75, 3.05) is 11.9 Å². The number of hydrogen-bond acceptors (Lipinski definition) is 8. The van der Waals surface area contributed by atoms with Crippen molar-refractivity contribution in [1.29, 1.82) is 0 Å². The lowest BCUT2D eigenvalue weighted by atomic mass is 10.1. The van der Waals surface area contributed by atoms with E-state index in [9.17, 15) is 13.8 Å². The van der Waals surface area contributed by atoms with Gasteiger partial charge in [0.2, 0.25) is 17.0 Å². The van der Waals surface area contributed by atoms with Gasteiger partial charge in [-0.1, -0.05) is 0 Å². The Labute approximate surface area is 163 Å². The van der Waals surface area contributed by atoms with Gasteiger partial charge in [-0.25, -0.2) is 19.3 Å². The molecule has 0 spiro atoms. The van der Waals surface area contributed by atoms with Crippen LogP contribution in [0.2, 0.25) is 0 Å². The molecule has 1 saturated carbocycles. The molecule has 0 aromatic carbocycles. The summed E-state index contributed by atoms with van der Waals surface area (Å²) < 4.78 is 15.8. The van der Waals surface area contributed by atoms with Crippen LogP contribution in [0.3, 0.4) is 0 Å². The summed E-state index contributed by atoms with van der Waals surface area (Å²) in [7, 11) is 0. The number of nitrogens with two attached hydrogens (primary N) is 1. The monoisotopic (exact) mass is 408 g/mol. The smallest absolute Gasteiger partial charge is 0.231 e. The van der Waals surface area contributed by atoms with Crippen molar-refractivity contribution in [3.63, 3.8) is 0 Å². The summed E-state index contributed by atoms with van der Waals surface area (Å²) in [5.41, 5.74) is 0.892. The molecule has 10 heteroatoms. The molecule has 27 heavy (non-hydrogen) atoms. The molecule has 2 aromatic heterocycles. The maximum Gasteiger partial charge on any atom is 0.231 e. The number of ketones is 2. The van der Waals surface area contributed by atoms with Crippen molar-refractivity contribution in [1.82, 2.24) is 9.97 Å². The first-order chi connectivity index (χ1) is 12.9. The molecule has 1 fully saturated rings. The van der Waals surface area contributed by atoms with Gasteiger partial charge in [-0.3, -0.25) is 13.8 Å². The number of aromatic nitrogens is 2. The number of nitrogens with one attached hydrogen (secondary N) is 1. The van der Waals surface area contributed by atoms with E-state index in [0.29, 0.717) is 28.4 Å². The molecule has 0 saturated heterocycles. The van der Waals surface area contributed by atoms with E-state index >= 15 is 0 Å². The maximum absolute atomic E-state index is 12.8. The van der Waals surface area contributed by atoms with Gasteiger partial charge in [0.25, 0.3) is 0 Å². The van der Waals surface area contributed by atoms with Crippen LogP contribution in [0, 0.1) is 5.92 Å². The molecule has 0 aliphatic heterocycles. The van der Waals surface area contributed by atoms with Crippen LogP contribution in [0.15, 0.2) is 24.0 Å². The Hall–Kier alpha value is -2.01. The minimum Gasteiger partial charge on any atom is -0.367 e. The minimum absolute atomic E-state index is 0.0782. The number of Topliss-reactive ketones (excluding diaryl/α,β-unsaturated/α-hetero) is 1. The van der Waals surface area contributed by atoms with Crippen LogP contribution in [-0.2, 0) is 15.4 Å². The van der Waals surface area contributed by atoms with Crippen LogP contribution in [0.5, 0.6) is 0 Å². The predicted octanol–water partition coefficient (Wildman–Crippen LogP) is 2.11. The number of rotatable bonds is 8. The lowest BCUT2D eigenvalue weighted by molar-refractivity contribution is 0.101. The van der Waals surface area contributed by atoms with Crippen LogP contribution in [0.4, 0.5) is 5.82 Å². The Balaban J connectivity index is 1.70. The van der Waals surface area contributed by atoms with Crippen LogP contribution in [-0.4, -0.2) is 38.4 Å². The fourth-order valence-electron chi connectivity index (χ4n) is 3.10. The summed E-state index contributed by atoms with van der Waals surface area (Å²) in [6, 6.07) is 1.73. The van der Waals surface area contributed by atoms with Crippen LogP contribution in [0.1, 0.15) is 51.8 Å². The number of carbonyl (C=O) groups is 2. The van der Waals surface area contributed by atoms with Crippen molar-refractivity contribution in [3.8, 4) is 0 Å². The van der Waals surface area contributed by atoms with Crippen molar-refractivity contribution in [2.24, 2.45) is 11.1 Å². The van der Waals surface area contributed by atoms with Crippen molar-refractivity contribution < 1.29 is 18.0 Å². The summed E-state index contributed by atoms with van der Waals surface area (Å²) >= 11 is -0.521. The van der Waals surface area contributed by atoms with Gasteiger partial charge in [0.1, 0.15) is 12.1 Å². The zero-order chi connectivity index (χ0) is 19.4. The van der Waals surface area contributed by atoms with Crippen LogP contribution < -0.4 is 10.5 Å². The van der Waals surface area contributed by atoms with Gasteiger partial charge in [-0.05, 0) is 38.2 Å². The first-order valence-corrected chi connectivity index (χ1v) is 10.5. The molecule has 3 N–H and O–H groups in total. The second kappa shape index (κ2) is 8.79. The van der Waals surface area contributed by atoms with Gasteiger partial charge in [-0.15, -0.1) is 11.3 Å².